The summed E-state index contributed by atoms with van der Waals surface area (Å²) in [5, 5.41) is 0. The summed E-state index contributed by atoms with van der Waals surface area (Å²) >= 11 is 0. The first kappa shape index (κ1) is 15.6. The van der Waals surface area contributed by atoms with Crippen molar-refractivity contribution in [3.63, 3.8) is 0 Å². The molecule has 2 aliphatic carbocycles. The van der Waals surface area contributed by atoms with Crippen LogP contribution in [-0.2, 0) is 4.12 Å². The van der Waals surface area contributed by atoms with E-state index in [2.05, 4.69) is 0 Å². The Morgan fingerprint density at radius 3 is 1.21 bits per heavy atom. The highest BCUT2D eigenvalue weighted by Crippen LogP contribution is 2.40. The van der Waals surface area contributed by atoms with E-state index in [0.29, 0.717) is 0 Å². The SMILES string of the molecule is O[Si](O)(O[Si](O)(O)C1CCCCC1)C1CCCCC1. The smallest absolute Gasteiger partial charge is 0.390 e. The lowest BCUT2D eigenvalue weighted by atomic mass is 10.0. The fourth-order valence-corrected chi connectivity index (χ4v) is 8.77. The van der Waals surface area contributed by atoms with Crippen LogP contribution in [0.4, 0.5) is 0 Å². The van der Waals surface area contributed by atoms with E-state index in [0.717, 1.165) is 64.2 Å². The largest absolute Gasteiger partial charge is 0.491 e. The van der Waals surface area contributed by atoms with Crippen molar-refractivity contribution < 1.29 is 23.3 Å². The van der Waals surface area contributed by atoms with Gasteiger partial charge >= 0.3 is 17.6 Å². The van der Waals surface area contributed by atoms with Gasteiger partial charge in [-0.1, -0.05) is 38.5 Å². The van der Waals surface area contributed by atoms with Crippen molar-refractivity contribution in [1.82, 2.24) is 0 Å². The lowest BCUT2D eigenvalue weighted by Gasteiger charge is -2.37. The van der Waals surface area contributed by atoms with Crippen LogP contribution in [0.25, 0.3) is 0 Å². The molecule has 19 heavy (non-hydrogen) atoms. The second-order valence-electron chi connectivity index (χ2n) is 6.09. The summed E-state index contributed by atoms with van der Waals surface area (Å²) in [6.07, 6.45) is 9.04. The summed E-state index contributed by atoms with van der Waals surface area (Å²) in [6.45, 7) is 0. The first-order valence-corrected chi connectivity index (χ1v) is 11.3. The zero-order valence-corrected chi connectivity index (χ0v) is 13.4. The average molecular weight is 307 g/mol. The molecule has 2 saturated carbocycles. The van der Waals surface area contributed by atoms with E-state index in [4.69, 9.17) is 4.12 Å². The molecule has 0 aromatic carbocycles. The van der Waals surface area contributed by atoms with Crippen LogP contribution in [0.1, 0.15) is 64.2 Å². The van der Waals surface area contributed by atoms with Gasteiger partial charge in [0.15, 0.2) is 0 Å². The Hall–Kier alpha value is 0.234. The molecule has 0 amide bonds. The lowest BCUT2D eigenvalue weighted by Crippen LogP contribution is -2.58. The van der Waals surface area contributed by atoms with E-state index < -0.39 is 17.6 Å². The van der Waals surface area contributed by atoms with Crippen molar-refractivity contribution in [2.75, 3.05) is 0 Å². The molecule has 0 aliphatic heterocycles. The summed E-state index contributed by atoms with van der Waals surface area (Å²) in [5.41, 5.74) is -0.535. The van der Waals surface area contributed by atoms with Gasteiger partial charge in [-0.05, 0) is 25.7 Å². The maximum Gasteiger partial charge on any atom is 0.491 e. The van der Waals surface area contributed by atoms with Crippen LogP contribution >= 0.6 is 0 Å². The monoisotopic (exact) mass is 306 g/mol. The summed E-state index contributed by atoms with van der Waals surface area (Å²) < 4.78 is 5.20. The summed E-state index contributed by atoms with van der Waals surface area (Å²) in [6, 6.07) is 0. The van der Waals surface area contributed by atoms with Crippen molar-refractivity contribution >= 4 is 17.6 Å². The van der Waals surface area contributed by atoms with Gasteiger partial charge in [0.2, 0.25) is 0 Å². The van der Waals surface area contributed by atoms with Gasteiger partial charge in [-0.2, -0.15) is 0 Å². The molecule has 0 heterocycles. The van der Waals surface area contributed by atoms with Gasteiger partial charge in [0.25, 0.3) is 0 Å². The maximum atomic E-state index is 10.2. The van der Waals surface area contributed by atoms with E-state index in [9.17, 15) is 19.2 Å². The predicted octanol–water partition coefficient (Wildman–Crippen LogP) is 1.52. The number of hydrogen-bond acceptors (Lipinski definition) is 5. The van der Waals surface area contributed by atoms with Crippen molar-refractivity contribution in [3.05, 3.63) is 0 Å². The van der Waals surface area contributed by atoms with Crippen LogP contribution in [0.5, 0.6) is 0 Å². The minimum absolute atomic E-state index is 0.268. The van der Waals surface area contributed by atoms with Gasteiger partial charge in [-0.3, -0.25) is 0 Å². The normalized spacial score (nSPS) is 24.6. The van der Waals surface area contributed by atoms with Crippen LogP contribution in [0.15, 0.2) is 0 Å². The Morgan fingerprint density at radius 2 is 0.895 bits per heavy atom. The predicted molar refractivity (Wildman–Crippen MR) is 75.1 cm³/mol. The van der Waals surface area contributed by atoms with Gasteiger partial charge in [0.1, 0.15) is 0 Å². The Labute approximate surface area is 117 Å². The average Bonchev–Trinajstić information content (AvgIpc) is 2.40. The molecular weight excluding hydrogens is 280 g/mol. The molecule has 4 N–H and O–H groups in total. The molecule has 0 atom stereocenters. The molecule has 0 unspecified atom stereocenters. The second-order valence-corrected chi connectivity index (χ2v) is 11.2. The van der Waals surface area contributed by atoms with Crippen LogP contribution in [-0.4, -0.2) is 36.8 Å². The molecule has 2 fully saturated rings. The number of hydrogen-bond donors (Lipinski definition) is 4. The third-order valence-corrected chi connectivity index (χ3v) is 10.3. The molecule has 0 aromatic heterocycles. The minimum atomic E-state index is -3.96. The molecule has 0 bridgehead atoms. The van der Waals surface area contributed by atoms with Gasteiger partial charge in [-0.15, -0.1) is 0 Å². The summed E-state index contributed by atoms with van der Waals surface area (Å²) in [5.74, 6) is 0. The highest BCUT2D eigenvalue weighted by atomic mass is 28.5. The Kier molecular flexibility index (Phi) is 5.21. The van der Waals surface area contributed by atoms with E-state index in [1.54, 1.807) is 0 Å². The second kappa shape index (κ2) is 6.34. The molecule has 112 valence electrons. The van der Waals surface area contributed by atoms with Crippen molar-refractivity contribution in [3.8, 4) is 0 Å². The van der Waals surface area contributed by atoms with Crippen LogP contribution < -0.4 is 0 Å². The molecule has 0 aromatic rings. The summed E-state index contributed by atoms with van der Waals surface area (Å²) in [7, 11) is -7.92. The maximum absolute atomic E-state index is 10.2. The first-order chi connectivity index (χ1) is 8.92. The third kappa shape index (κ3) is 4.10. The zero-order valence-electron chi connectivity index (χ0n) is 11.4. The topological polar surface area (TPSA) is 90.2 Å². The molecule has 0 saturated heterocycles. The van der Waals surface area contributed by atoms with Crippen molar-refractivity contribution in [2.24, 2.45) is 0 Å². The van der Waals surface area contributed by atoms with E-state index in [1.165, 1.54) is 0 Å². The highest BCUT2D eigenvalue weighted by Gasteiger charge is 2.54. The minimum Gasteiger partial charge on any atom is -0.390 e. The van der Waals surface area contributed by atoms with Crippen LogP contribution in [0.3, 0.4) is 0 Å². The molecule has 5 nitrogen and oxygen atoms in total. The third-order valence-electron chi connectivity index (χ3n) is 4.57. The Balaban J connectivity index is 1.96. The van der Waals surface area contributed by atoms with E-state index in [1.807, 2.05) is 0 Å². The Bertz CT molecular complexity index is 258. The molecule has 7 heteroatoms. The van der Waals surface area contributed by atoms with Crippen LogP contribution in [0, 0.1) is 0 Å². The molecule has 2 rings (SSSR count). The van der Waals surface area contributed by atoms with E-state index >= 15 is 0 Å². The van der Waals surface area contributed by atoms with Crippen LogP contribution in [0.2, 0.25) is 11.1 Å². The lowest BCUT2D eigenvalue weighted by molar-refractivity contribution is 0.125. The number of rotatable bonds is 4. The Morgan fingerprint density at radius 1 is 0.579 bits per heavy atom. The van der Waals surface area contributed by atoms with Gasteiger partial charge < -0.3 is 23.3 Å². The van der Waals surface area contributed by atoms with Gasteiger partial charge in [0, 0.05) is 11.1 Å². The molecular formula is C12H26O5Si2. The van der Waals surface area contributed by atoms with Gasteiger partial charge in [0.05, 0.1) is 0 Å². The molecule has 0 radical (unpaired) electrons. The highest BCUT2D eigenvalue weighted by molar-refractivity contribution is 6.73. The van der Waals surface area contributed by atoms with Crippen molar-refractivity contribution in [2.45, 2.75) is 75.3 Å². The molecule has 2 aliphatic rings. The van der Waals surface area contributed by atoms with Gasteiger partial charge in [-0.25, -0.2) is 0 Å². The van der Waals surface area contributed by atoms with E-state index in [-0.39, 0.29) is 11.1 Å². The fraction of sp³-hybridized carbons (Fsp3) is 1.00. The zero-order chi connectivity index (χ0) is 13.9. The first-order valence-electron chi connectivity index (χ1n) is 7.51. The molecule has 0 spiro atoms. The van der Waals surface area contributed by atoms with Crippen molar-refractivity contribution in [1.29, 1.82) is 0 Å². The summed E-state index contributed by atoms with van der Waals surface area (Å²) in [4.78, 5) is 40.8. The quantitative estimate of drug-likeness (QED) is 0.591. The standard InChI is InChI=1S/C12H26O5Si2/c13-18(14,11-7-3-1-4-8-11)17-19(15,16)12-9-5-2-6-10-12/h11-16H,1-10H2. The fourth-order valence-electron chi connectivity index (χ4n) is 3.35.